The third-order valence-corrected chi connectivity index (χ3v) is 3.01. The average Bonchev–Trinajstić information content (AvgIpc) is 2.76. The topological polar surface area (TPSA) is 42.3 Å². The number of ether oxygens (including phenoxy) is 1. The number of aromatic nitrogens is 2. The van der Waals surface area contributed by atoms with Crippen molar-refractivity contribution in [2.24, 2.45) is 0 Å². The molecule has 0 saturated carbocycles. The van der Waals surface area contributed by atoms with Gasteiger partial charge in [-0.2, -0.15) is 5.10 Å². The van der Waals surface area contributed by atoms with Gasteiger partial charge in [-0.1, -0.05) is 13.8 Å². The molecular weight excluding hydrogens is 228 g/mol. The van der Waals surface area contributed by atoms with Gasteiger partial charge in [-0.3, -0.25) is 4.68 Å². The van der Waals surface area contributed by atoms with Crippen LogP contribution in [0.4, 0.5) is 0 Å². The standard InChI is InChI=1S/C13H26N4O/c1-6-11(14-7-2)13-12(18-5)10-15-17(13)9-8-16(3)4/h10-11,14H,6-9H2,1-5H3. The van der Waals surface area contributed by atoms with Gasteiger partial charge in [-0.25, -0.2) is 0 Å². The minimum Gasteiger partial charge on any atom is -0.493 e. The smallest absolute Gasteiger partial charge is 0.161 e. The number of methoxy groups -OCH3 is 1. The summed E-state index contributed by atoms with van der Waals surface area (Å²) in [6, 6.07) is 0.301. The third-order valence-electron chi connectivity index (χ3n) is 3.01. The maximum atomic E-state index is 5.42. The van der Waals surface area contributed by atoms with E-state index in [0.717, 1.165) is 37.5 Å². The predicted octanol–water partition coefficient (Wildman–Crippen LogP) is 1.51. The Hall–Kier alpha value is -1.07. The molecule has 0 saturated heterocycles. The zero-order chi connectivity index (χ0) is 13.5. The van der Waals surface area contributed by atoms with Crippen molar-refractivity contribution < 1.29 is 4.74 Å². The first-order valence-electron chi connectivity index (χ1n) is 6.61. The minimum atomic E-state index is 0.301. The molecule has 0 bridgehead atoms. The summed E-state index contributed by atoms with van der Waals surface area (Å²) in [6.45, 7) is 7.10. The van der Waals surface area contributed by atoms with E-state index < -0.39 is 0 Å². The second kappa shape index (κ2) is 7.38. The number of hydrogen-bond acceptors (Lipinski definition) is 4. The highest BCUT2D eigenvalue weighted by Gasteiger charge is 2.19. The van der Waals surface area contributed by atoms with Gasteiger partial charge in [0.1, 0.15) is 0 Å². The van der Waals surface area contributed by atoms with E-state index in [9.17, 15) is 0 Å². The molecule has 0 aliphatic heterocycles. The van der Waals surface area contributed by atoms with Gasteiger partial charge in [-0.05, 0) is 27.1 Å². The lowest BCUT2D eigenvalue weighted by Gasteiger charge is -2.20. The monoisotopic (exact) mass is 254 g/mol. The van der Waals surface area contributed by atoms with Crippen molar-refractivity contribution in [2.45, 2.75) is 32.9 Å². The fourth-order valence-electron chi connectivity index (χ4n) is 2.04. The molecule has 1 aromatic heterocycles. The fourth-order valence-corrected chi connectivity index (χ4v) is 2.04. The van der Waals surface area contributed by atoms with Gasteiger partial charge in [0.25, 0.3) is 0 Å². The van der Waals surface area contributed by atoms with Crippen molar-refractivity contribution >= 4 is 0 Å². The summed E-state index contributed by atoms with van der Waals surface area (Å²) >= 11 is 0. The molecule has 0 amide bonds. The fraction of sp³-hybridized carbons (Fsp3) is 0.769. The van der Waals surface area contributed by atoms with Crippen LogP contribution in [0.5, 0.6) is 5.75 Å². The highest BCUT2D eigenvalue weighted by atomic mass is 16.5. The van der Waals surface area contributed by atoms with Gasteiger partial charge < -0.3 is 15.0 Å². The molecule has 18 heavy (non-hydrogen) atoms. The maximum Gasteiger partial charge on any atom is 0.161 e. The highest BCUT2D eigenvalue weighted by Crippen LogP contribution is 2.26. The predicted molar refractivity (Wildman–Crippen MR) is 74.0 cm³/mol. The molecule has 0 spiro atoms. The summed E-state index contributed by atoms with van der Waals surface area (Å²) in [7, 11) is 5.85. The summed E-state index contributed by atoms with van der Waals surface area (Å²) in [6.07, 6.45) is 2.84. The zero-order valence-corrected chi connectivity index (χ0v) is 12.2. The largest absolute Gasteiger partial charge is 0.493 e. The molecule has 1 rings (SSSR count). The van der Waals surface area contributed by atoms with E-state index in [1.165, 1.54) is 0 Å². The van der Waals surface area contributed by atoms with Crippen LogP contribution in [0.3, 0.4) is 0 Å². The normalized spacial score (nSPS) is 13.0. The summed E-state index contributed by atoms with van der Waals surface area (Å²) in [5.74, 6) is 0.876. The van der Waals surface area contributed by atoms with Crippen LogP contribution in [0, 0.1) is 0 Å². The lowest BCUT2D eigenvalue weighted by atomic mass is 10.1. The summed E-state index contributed by atoms with van der Waals surface area (Å²) in [5.41, 5.74) is 1.16. The molecular formula is C13H26N4O. The van der Waals surface area contributed by atoms with E-state index in [1.54, 1.807) is 7.11 Å². The lowest BCUT2D eigenvalue weighted by Crippen LogP contribution is -2.26. The first-order valence-corrected chi connectivity index (χ1v) is 6.61. The Kier molecular flexibility index (Phi) is 6.15. The van der Waals surface area contributed by atoms with E-state index in [1.807, 2.05) is 6.20 Å². The third kappa shape index (κ3) is 3.71. The SMILES string of the molecule is CCNC(CC)c1c(OC)cnn1CCN(C)C. The Bertz CT molecular complexity index is 349. The molecule has 5 heteroatoms. The number of nitrogens with one attached hydrogen (secondary N) is 1. The van der Waals surface area contributed by atoms with Gasteiger partial charge >= 0.3 is 0 Å². The Labute approximate surface area is 110 Å². The van der Waals surface area contributed by atoms with Crippen LogP contribution < -0.4 is 10.1 Å². The molecule has 0 radical (unpaired) electrons. The minimum absolute atomic E-state index is 0.301. The molecule has 0 aliphatic rings. The Morgan fingerprint density at radius 3 is 2.67 bits per heavy atom. The first kappa shape index (κ1) is 15.0. The van der Waals surface area contributed by atoms with Crippen molar-refractivity contribution in [3.05, 3.63) is 11.9 Å². The van der Waals surface area contributed by atoms with Crippen LogP contribution in [0.25, 0.3) is 0 Å². The Balaban J connectivity index is 2.92. The van der Waals surface area contributed by atoms with Crippen LogP contribution in [-0.4, -0.2) is 49.0 Å². The summed E-state index contributed by atoms with van der Waals surface area (Å²) < 4.78 is 7.48. The molecule has 0 fully saturated rings. The molecule has 0 aromatic carbocycles. The molecule has 1 N–H and O–H groups in total. The molecule has 1 aromatic rings. The number of rotatable bonds is 8. The molecule has 1 unspecified atom stereocenters. The molecule has 1 heterocycles. The molecule has 0 aliphatic carbocycles. The van der Waals surface area contributed by atoms with E-state index in [2.05, 4.69) is 47.9 Å². The van der Waals surface area contributed by atoms with Gasteiger partial charge in [0.05, 0.1) is 31.6 Å². The number of likely N-dealkylation sites (N-methyl/N-ethyl adjacent to an activating group) is 1. The van der Waals surface area contributed by atoms with E-state index in [4.69, 9.17) is 4.74 Å². The Morgan fingerprint density at radius 2 is 2.17 bits per heavy atom. The number of hydrogen-bond donors (Lipinski definition) is 1. The van der Waals surface area contributed by atoms with Crippen LogP contribution in [0.2, 0.25) is 0 Å². The Morgan fingerprint density at radius 1 is 1.44 bits per heavy atom. The molecule has 1 atom stereocenters. The van der Waals surface area contributed by atoms with Gasteiger partial charge in [-0.15, -0.1) is 0 Å². The molecule has 104 valence electrons. The second-order valence-electron chi connectivity index (χ2n) is 4.64. The van der Waals surface area contributed by atoms with Gasteiger partial charge in [0, 0.05) is 6.54 Å². The quantitative estimate of drug-likeness (QED) is 0.763. The highest BCUT2D eigenvalue weighted by molar-refractivity contribution is 5.28. The van der Waals surface area contributed by atoms with Crippen LogP contribution in [-0.2, 0) is 6.54 Å². The van der Waals surface area contributed by atoms with E-state index >= 15 is 0 Å². The van der Waals surface area contributed by atoms with E-state index in [-0.39, 0.29) is 0 Å². The summed E-state index contributed by atoms with van der Waals surface area (Å²) in [4.78, 5) is 2.16. The summed E-state index contributed by atoms with van der Waals surface area (Å²) in [5, 5.41) is 7.92. The van der Waals surface area contributed by atoms with Crippen molar-refractivity contribution in [1.29, 1.82) is 0 Å². The zero-order valence-electron chi connectivity index (χ0n) is 12.2. The maximum absolute atomic E-state index is 5.42. The van der Waals surface area contributed by atoms with Crippen molar-refractivity contribution in [3.63, 3.8) is 0 Å². The van der Waals surface area contributed by atoms with Crippen LogP contribution in [0.1, 0.15) is 32.0 Å². The van der Waals surface area contributed by atoms with Crippen LogP contribution in [0.15, 0.2) is 6.20 Å². The van der Waals surface area contributed by atoms with Gasteiger partial charge in [0.2, 0.25) is 0 Å². The average molecular weight is 254 g/mol. The molecule has 5 nitrogen and oxygen atoms in total. The van der Waals surface area contributed by atoms with Crippen molar-refractivity contribution in [2.75, 3.05) is 34.3 Å². The lowest BCUT2D eigenvalue weighted by molar-refractivity contribution is 0.353. The van der Waals surface area contributed by atoms with Crippen molar-refractivity contribution in [1.82, 2.24) is 20.0 Å². The van der Waals surface area contributed by atoms with Gasteiger partial charge in [0.15, 0.2) is 5.75 Å². The number of nitrogens with zero attached hydrogens (tertiary/aromatic N) is 3. The van der Waals surface area contributed by atoms with Crippen LogP contribution >= 0.6 is 0 Å². The second-order valence-corrected chi connectivity index (χ2v) is 4.64. The van der Waals surface area contributed by atoms with Crippen molar-refractivity contribution in [3.8, 4) is 5.75 Å². The van der Waals surface area contributed by atoms with E-state index in [0.29, 0.717) is 6.04 Å². The first-order chi connectivity index (χ1) is 8.63.